The average molecular weight is 297 g/mol. The monoisotopic (exact) mass is 297 g/mol. The van der Waals surface area contributed by atoms with E-state index in [4.69, 9.17) is 10.2 Å². The van der Waals surface area contributed by atoms with E-state index >= 15 is 0 Å². The molecule has 1 heterocycles. The fourth-order valence-corrected chi connectivity index (χ4v) is 2.06. The molecule has 116 valence electrons. The zero-order valence-corrected chi connectivity index (χ0v) is 12.2. The van der Waals surface area contributed by atoms with Crippen LogP contribution in [0.3, 0.4) is 0 Å². The van der Waals surface area contributed by atoms with Gasteiger partial charge in [0.2, 0.25) is 5.91 Å². The van der Waals surface area contributed by atoms with E-state index in [1.165, 1.54) is 0 Å². The first-order chi connectivity index (χ1) is 9.72. The van der Waals surface area contributed by atoms with Crippen molar-refractivity contribution < 1.29 is 24.6 Å². The Morgan fingerprint density at radius 3 is 2.33 bits per heavy atom. The fraction of sp³-hybridized carbons (Fsp3) is 0.538. The number of hydrogen-bond acceptors (Lipinski definition) is 4. The average Bonchev–Trinajstić information content (AvgIpc) is 2.60. The van der Waals surface area contributed by atoms with Gasteiger partial charge in [-0.2, -0.15) is 5.10 Å². The van der Waals surface area contributed by atoms with Gasteiger partial charge in [-0.25, -0.2) is 4.79 Å². The van der Waals surface area contributed by atoms with Crippen molar-refractivity contribution in [1.82, 2.24) is 15.1 Å². The predicted octanol–water partition coefficient (Wildman–Crippen LogP) is 0.0136. The van der Waals surface area contributed by atoms with Gasteiger partial charge in [0.15, 0.2) is 0 Å². The minimum absolute atomic E-state index is 0.0801. The van der Waals surface area contributed by atoms with Crippen LogP contribution in [0.4, 0.5) is 0 Å². The lowest BCUT2D eigenvalue weighted by Gasteiger charge is -2.12. The lowest BCUT2D eigenvalue weighted by atomic mass is 10.1. The van der Waals surface area contributed by atoms with Crippen LogP contribution in [0.25, 0.3) is 0 Å². The molecule has 1 atom stereocenters. The zero-order valence-electron chi connectivity index (χ0n) is 12.2. The van der Waals surface area contributed by atoms with E-state index in [9.17, 15) is 14.4 Å². The summed E-state index contributed by atoms with van der Waals surface area (Å²) in [6.45, 7) is 3.72. The second kappa shape index (κ2) is 6.87. The molecule has 0 saturated heterocycles. The Kier molecular flexibility index (Phi) is 5.45. The Balaban J connectivity index is 2.61. The molecule has 21 heavy (non-hydrogen) atoms. The molecule has 0 bridgehead atoms. The number of carbonyl (C=O) groups excluding carboxylic acids is 1. The molecular formula is C13H19N3O5. The van der Waals surface area contributed by atoms with Crippen molar-refractivity contribution in [2.75, 3.05) is 0 Å². The Bertz CT molecular complexity index is 564. The molecule has 0 aliphatic carbocycles. The van der Waals surface area contributed by atoms with Gasteiger partial charge in [-0.15, -0.1) is 0 Å². The fourth-order valence-electron chi connectivity index (χ4n) is 2.06. The van der Waals surface area contributed by atoms with Crippen molar-refractivity contribution in [3.05, 3.63) is 17.0 Å². The Morgan fingerprint density at radius 1 is 1.29 bits per heavy atom. The van der Waals surface area contributed by atoms with Crippen LogP contribution in [-0.4, -0.2) is 43.9 Å². The second-order valence-electron chi connectivity index (χ2n) is 4.83. The van der Waals surface area contributed by atoms with Crippen molar-refractivity contribution in [2.24, 2.45) is 7.05 Å². The third-order valence-electron chi connectivity index (χ3n) is 3.27. The van der Waals surface area contributed by atoms with Gasteiger partial charge in [-0.1, -0.05) is 0 Å². The molecular weight excluding hydrogens is 278 g/mol. The number of nitrogens with zero attached hydrogens (tertiary/aromatic N) is 2. The summed E-state index contributed by atoms with van der Waals surface area (Å²) >= 11 is 0. The van der Waals surface area contributed by atoms with Crippen LogP contribution in [0.1, 0.15) is 29.8 Å². The van der Waals surface area contributed by atoms with Crippen molar-refractivity contribution in [3.63, 3.8) is 0 Å². The second-order valence-corrected chi connectivity index (χ2v) is 4.83. The number of carboxylic acids is 2. The molecule has 1 rings (SSSR count). The quantitative estimate of drug-likeness (QED) is 0.652. The molecule has 0 aromatic carbocycles. The first kappa shape index (κ1) is 16.7. The van der Waals surface area contributed by atoms with Gasteiger partial charge < -0.3 is 15.5 Å². The maximum atomic E-state index is 11.7. The van der Waals surface area contributed by atoms with Crippen LogP contribution in [0.5, 0.6) is 0 Å². The van der Waals surface area contributed by atoms with Gasteiger partial charge in [-0.05, 0) is 25.8 Å². The van der Waals surface area contributed by atoms with E-state index in [0.717, 1.165) is 17.0 Å². The van der Waals surface area contributed by atoms with E-state index < -0.39 is 30.3 Å². The van der Waals surface area contributed by atoms with Gasteiger partial charge in [0, 0.05) is 19.2 Å². The third-order valence-corrected chi connectivity index (χ3v) is 3.27. The molecule has 0 unspecified atom stereocenters. The summed E-state index contributed by atoms with van der Waals surface area (Å²) in [6.07, 6.45) is -0.139. The Morgan fingerprint density at radius 2 is 1.90 bits per heavy atom. The van der Waals surface area contributed by atoms with Gasteiger partial charge in [0.05, 0.1) is 12.1 Å². The summed E-state index contributed by atoms with van der Waals surface area (Å²) in [4.78, 5) is 33.2. The van der Waals surface area contributed by atoms with Crippen LogP contribution < -0.4 is 5.32 Å². The van der Waals surface area contributed by atoms with Crippen LogP contribution in [-0.2, 0) is 27.9 Å². The maximum absolute atomic E-state index is 11.7. The highest BCUT2D eigenvalue weighted by atomic mass is 16.4. The first-order valence-electron chi connectivity index (χ1n) is 6.45. The standard InChI is InChI=1S/C13H19N3O5/c1-7-9(8(2)16(3)15-7)4-5-11(17)14-10(13(20)21)6-12(18)19/h10H,4-6H2,1-3H3,(H,14,17)(H,18,19)(H,20,21)/t10-/m1/s1. The smallest absolute Gasteiger partial charge is 0.326 e. The molecule has 8 nitrogen and oxygen atoms in total. The number of aliphatic carboxylic acids is 2. The van der Waals surface area contributed by atoms with Crippen molar-refractivity contribution in [3.8, 4) is 0 Å². The minimum Gasteiger partial charge on any atom is -0.481 e. The SMILES string of the molecule is Cc1nn(C)c(C)c1CCC(=O)N[C@H](CC(=O)O)C(=O)O. The molecule has 1 aromatic heterocycles. The van der Waals surface area contributed by atoms with Gasteiger partial charge >= 0.3 is 11.9 Å². The lowest BCUT2D eigenvalue weighted by molar-refractivity contribution is -0.147. The van der Waals surface area contributed by atoms with E-state index in [1.807, 2.05) is 13.8 Å². The summed E-state index contributed by atoms with van der Waals surface area (Å²) in [5.74, 6) is -3.13. The van der Waals surface area contributed by atoms with Crippen molar-refractivity contribution in [1.29, 1.82) is 0 Å². The molecule has 8 heteroatoms. The molecule has 1 amide bonds. The summed E-state index contributed by atoms with van der Waals surface area (Å²) in [6, 6.07) is -1.41. The number of aryl methyl sites for hydroxylation is 2. The number of amides is 1. The molecule has 1 aromatic rings. The van der Waals surface area contributed by atoms with Crippen molar-refractivity contribution >= 4 is 17.8 Å². The first-order valence-corrected chi connectivity index (χ1v) is 6.45. The predicted molar refractivity (Wildman–Crippen MR) is 72.8 cm³/mol. The number of carbonyl (C=O) groups is 3. The molecule has 3 N–H and O–H groups in total. The number of hydrogen-bond donors (Lipinski definition) is 3. The van der Waals surface area contributed by atoms with Gasteiger partial charge in [-0.3, -0.25) is 14.3 Å². The molecule has 0 fully saturated rings. The largest absolute Gasteiger partial charge is 0.481 e. The van der Waals surface area contributed by atoms with Gasteiger partial charge in [0.25, 0.3) is 0 Å². The van der Waals surface area contributed by atoms with Crippen LogP contribution in [0.2, 0.25) is 0 Å². The Labute approximate surface area is 121 Å². The summed E-state index contributed by atoms with van der Waals surface area (Å²) in [5, 5.41) is 23.9. The number of carboxylic acid groups (broad SMARTS) is 2. The highest BCUT2D eigenvalue weighted by Gasteiger charge is 2.23. The highest BCUT2D eigenvalue weighted by Crippen LogP contribution is 2.14. The number of aromatic nitrogens is 2. The summed E-state index contributed by atoms with van der Waals surface area (Å²) in [5.41, 5.74) is 2.71. The van der Waals surface area contributed by atoms with Gasteiger partial charge in [0.1, 0.15) is 6.04 Å². The molecule has 0 aliphatic heterocycles. The molecule has 0 aliphatic rings. The van der Waals surface area contributed by atoms with Crippen LogP contribution >= 0.6 is 0 Å². The Hall–Kier alpha value is -2.38. The maximum Gasteiger partial charge on any atom is 0.326 e. The third kappa shape index (κ3) is 4.59. The minimum atomic E-state index is -1.41. The van der Waals surface area contributed by atoms with E-state index in [2.05, 4.69) is 10.4 Å². The van der Waals surface area contributed by atoms with E-state index in [1.54, 1.807) is 11.7 Å². The summed E-state index contributed by atoms with van der Waals surface area (Å²) in [7, 11) is 1.80. The lowest BCUT2D eigenvalue weighted by Crippen LogP contribution is -2.42. The van der Waals surface area contributed by atoms with Crippen LogP contribution in [0, 0.1) is 13.8 Å². The normalized spacial score (nSPS) is 12.0. The summed E-state index contributed by atoms with van der Waals surface area (Å²) < 4.78 is 1.72. The number of nitrogens with one attached hydrogen (secondary N) is 1. The van der Waals surface area contributed by atoms with E-state index in [0.29, 0.717) is 6.42 Å². The van der Waals surface area contributed by atoms with E-state index in [-0.39, 0.29) is 6.42 Å². The van der Waals surface area contributed by atoms with Crippen molar-refractivity contribution in [2.45, 2.75) is 39.2 Å². The molecule has 0 saturated carbocycles. The molecule has 0 spiro atoms. The molecule has 0 radical (unpaired) electrons. The highest BCUT2D eigenvalue weighted by molar-refractivity contribution is 5.86. The zero-order chi connectivity index (χ0) is 16.2. The number of rotatable bonds is 7. The topological polar surface area (TPSA) is 122 Å². The van der Waals surface area contributed by atoms with Crippen LogP contribution in [0.15, 0.2) is 0 Å².